The predicted molar refractivity (Wildman–Crippen MR) is 142 cm³/mol. The zero-order valence-corrected chi connectivity index (χ0v) is 21.8. The van der Waals surface area contributed by atoms with Crippen LogP contribution in [0.25, 0.3) is 0 Å². The van der Waals surface area contributed by atoms with Crippen molar-refractivity contribution >= 4 is 29.6 Å². The minimum atomic E-state index is -1.59. The van der Waals surface area contributed by atoms with Crippen LogP contribution >= 0.6 is 0 Å². The number of imidazole rings is 1. The molecule has 0 aliphatic carbocycles. The minimum Gasteiger partial charge on any atom is -0.508 e. The van der Waals surface area contributed by atoms with Crippen LogP contribution in [0, 0.1) is 0 Å². The molecular weight excluding hydrogens is 524 g/mol. The number of aliphatic carboxylic acids is 1. The number of nitrogens with zero attached hydrogens (tertiary/aromatic N) is 1. The van der Waals surface area contributed by atoms with E-state index in [4.69, 9.17) is 17.2 Å². The average molecular weight is 561 g/mol. The molecule has 0 saturated heterocycles. The second-order valence-corrected chi connectivity index (χ2v) is 9.23. The Morgan fingerprint density at radius 3 is 2.10 bits per heavy atom. The molecule has 12 N–H and O–H groups in total. The van der Waals surface area contributed by atoms with Gasteiger partial charge in [0.15, 0.2) is 0 Å². The van der Waals surface area contributed by atoms with Gasteiger partial charge in [-0.15, -0.1) is 0 Å². The number of phenols is 1. The lowest BCUT2D eigenvalue weighted by atomic mass is 10.0. The number of aromatic hydroxyl groups is 1. The number of phenolic OH excluding ortho intramolecular Hbond substituents is 1. The summed E-state index contributed by atoms with van der Waals surface area (Å²) in [6, 6.07) is 0.977. The lowest BCUT2D eigenvalue weighted by Gasteiger charge is -2.25. The number of unbranched alkanes of at least 4 members (excludes halogenated alkanes) is 1. The molecule has 0 saturated carbocycles. The third-order valence-corrected chi connectivity index (χ3v) is 5.94. The van der Waals surface area contributed by atoms with Gasteiger partial charge in [-0.3, -0.25) is 19.2 Å². The van der Waals surface area contributed by atoms with E-state index >= 15 is 0 Å². The monoisotopic (exact) mass is 560 g/mol. The maximum Gasteiger partial charge on any atom is 0.326 e. The van der Waals surface area contributed by atoms with E-state index in [0.29, 0.717) is 30.6 Å². The third kappa shape index (κ3) is 10.7. The first kappa shape index (κ1) is 31.7. The lowest BCUT2D eigenvalue weighted by molar-refractivity contribution is -0.143. The van der Waals surface area contributed by atoms with Crippen molar-refractivity contribution in [2.24, 2.45) is 17.2 Å². The molecule has 218 valence electrons. The number of primary amides is 1. The second kappa shape index (κ2) is 15.8. The molecule has 0 spiro atoms. The highest BCUT2D eigenvalue weighted by Crippen LogP contribution is 2.12. The van der Waals surface area contributed by atoms with Crippen LogP contribution in [0.15, 0.2) is 36.8 Å². The first-order chi connectivity index (χ1) is 19.0. The van der Waals surface area contributed by atoms with Crippen LogP contribution in [0.2, 0.25) is 0 Å². The van der Waals surface area contributed by atoms with E-state index in [1.54, 1.807) is 12.1 Å². The number of aromatic amines is 1. The topological polar surface area (TPSA) is 269 Å². The van der Waals surface area contributed by atoms with Crippen LogP contribution in [0.1, 0.15) is 36.9 Å². The van der Waals surface area contributed by atoms with Crippen LogP contribution in [0.3, 0.4) is 0 Å². The molecule has 15 heteroatoms. The lowest BCUT2D eigenvalue weighted by Crippen LogP contribution is -2.58. The Kier molecular flexibility index (Phi) is 12.5. The molecule has 2 aromatic rings. The van der Waals surface area contributed by atoms with Crippen molar-refractivity contribution < 1.29 is 34.2 Å². The van der Waals surface area contributed by atoms with Gasteiger partial charge in [0.25, 0.3) is 0 Å². The maximum absolute atomic E-state index is 13.4. The van der Waals surface area contributed by atoms with E-state index in [0.717, 1.165) is 0 Å². The molecule has 4 amide bonds. The fraction of sp³-hybridized carbons (Fsp3) is 0.440. The van der Waals surface area contributed by atoms with Crippen LogP contribution < -0.4 is 33.2 Å². The van der Waals surface area contributed by atoms with Crippen LogP contribution in [-0.4, -0.2) is 80.5 Å². The van der Waals surface area contributed by atoms with E-state index in [1.807, 2.05) is 0 Å². The molecule has 1 aromatic heterocycles. The summed E-state index contributed by atoms with van der Waals surface area (Å²) in [4.78, 5) is 68.7. The number of carbonyl (C=O) groups excluding carboxylic acids is 4. The zero-order valence-electron chi connectivity index (χ0n) is 21.8. The second-order valence-electron chi connectivity index (χ2n) is 9.23. The van der Waals surface area contributed by atoms with Crippen LogP contribution in [0.5, 0.6) is 5.75 Å². The highest BCUT2D eigenvalue weighted by Gasteiger charge is 2.31. The Labute approximate surface area is 230 Å². The van der Waals surface area contributed by atoms with Gasteiger partial charge in [-0.05, 0) is 43.5 Å². The normalized spacial score (nSPS) is 13.8. The van der Waals surface area contributed by atoms with Crippen molar-refractivity contribution in [1.82, 2.24) is 25.9 Å². The summed E-state index contributed by atoms with van der Waals surface area (Å²) in [6.07, 6.45) is 3.49. The van der Waals surface area contributed by atoms with Gasteiger partial charge in [0.05, 0.1) is 18.8 Å². The van der Waals surface area contributed by atoms with Crippen molar-refractivity contribution in [3.05, 3.63) is 48.0 Å². The van der Waals surface area contributed by atoms with Gasteiger partial charge in [0.1, 0.15) is 23.9 Å². The summed E-state index contributed by atoms with van der Waals surface area (Å²) in [5.41, 5.74) is 17.9. The van der Waals surface area contributed by atoms with Gasteiger partial charge in [-0.25, -0.2) is 9.78 Å². The summed E-state index contributed by atoms with van der Waals surface area (Å²) in [5.74, 6) is -4.60. The molecule has 4 unspecified atom stereocenters. The molecule has 0 aliphatic heterocycles. The van der Waals surface area contributed by atoms with Gasteiger partial charge in [-0.1, -0.05) is 12.1 Å². The molecule has 0 radical (unpaired) electrons. The number of nitrogens with two attached hydrogens (primary N) is 3. The van der Waals surface area contributed by atoms with Crippen LogP contribution in [-0.2, 0) is 36.8 Å². The standard InChI is InChI=1S/C25H36N8O7/c26-8-2-1-3-18(23(37)33-20(25(39)40)11-21(28)35)31-24(38)19(9-14-4-6-16(34)7-5-14)32-22(36)17(27)10-15-12-29-13-30-15/h4-7,12-13,17-20,34H,1-3,8-11,26-27H2,(H2,28,35)(H,29,30)(H,31,38)(H,32,36)(H,33,37)(H,39,40). The van der Waals surface area contributed by atoms with E-state index in [1.165, 1.54) is 24.7 Å². The number of aromatic nitrogens is 2. The van der Waals surface area contributed by atoms with Crippen molar-refractivity contribution in [2.45, 2.75) is 62.7 Å². The quantitative estimate of drug-likeness (QED) is 0.0939. The molecule has 0 aliphatic rings. The molecule has 15 nitrogen and oxygen atoms in total. The Bertz CT molecular complexity index is 1140. The zero-order chi connectivity index (χ0) is 29.7. The fourth-order valence-corrected chi connectivity index (χ4v) is 3.79. The summed E-state index contributed by atoms with van der Waals surface area (Å²) < 4.78 is 0. The highest BCUT2D eigenvalue weighted by molar-refractivity contribution is 5.95. The Morgan fingerprint density at radius 1 is 0.900 bits per heavy atom. The van der Waals surface area contributed by atoms with E-state index in [9.17, 15) is 34.2 Å². The van der Waals surface area contributed by atoms with E-state index in [2.05, 4.69) is 25.9 Å². The fourth-order valence-electron chi connectivity index (χ4n) is 3.79. The number of amides is 4. The van der Waals surface area contributed by atoms with Gasteiger partial charge in [0, 0.05) is 24.7 Å². The number of nitrogens with one attached hydrogen (secondary N) is 4. The van der Waals surface area contributed by atoms with Crippen molar-refractivity contribution in [1.29, 1.82) is 0 Å². The van der Waals surface area contributed by atoms with Gasteiger partial charge >= 0.3 is 5.97 Å². The van der Waals surface area contributed by atoms with Gasteiger partial charge in [0.2, 0.25) is 23.6 Å². The molecular formula is C25H36N8O7. The van der Waals surface area contributed by atoms with E-state index < -0.39 is 60.2 Å². The number of benzene rings is 1. The average Bonchev–Trinajstić information content (AvgIpc) is 3.41. The predicted octanol–water partition coefficient (Wildman–Crippen LogP) is -2.23. The number of hydrogen-bond acceptors (Lipinski definition) is 9. The molecule has 40 heavy (non-hydrogen) atoms. The molecule has 0 fully saturated rings. The first-order valence-corrected chi connectivity index (χ1v) is 12.6. The number of hydrogen-bond donors (Lipinski definition) is 9. The summed E-state index contributed by atoms with van der Waals surface area (Å²) >= 11 is 0. The van der Waals surface area contributed by atoms with Crippen molar-refractivity contribution in [3.8, 4) is 5.75 Å². The number of carboxylic acids is 1. The van der Waals surface area contributed by atoms with Gasteiger partial charge < -0.3 is 48.3 Å². The van der Waals surface area contributed by atoms with Crippen molar-refractivity contribution in [3.63, 3.8) is 0 Å². The largest absolute Gasteiger partial charge is 0.508 e. The number of carboxylic acid groups (broad SMARTS) is 1. The Balaban J connectivity index is 2.23. The minimum absolute atomic E-state index is 0.00873. The summed E-state index contributed by atoms with van der Waals surface area (Å²) in [6.45, 7) is 0.329. The number of H-pyrrole nitrogens is 1. The third-order valence-electron chi connectivity index (χ3n) is 5.94. The molecule has 1 heterocycles. The summed E-state index contributed by atoms with van der Waals surface area (Å²) in [5, 5.41) is 26.4. The number of rotatable bonds is 17. The number of carbonyl (C=O) groups is 5. The molecule has 4 atom stereocenters. The molecule has 0 bridgehead atoms. The SMILES string of the molecule is NCCCCC(NC(=O)C(Cc1ccc(O)cc1)NC(=O)C(N)Cc1cnc[nH]1)C(=O)NC(CC(N)=O)C(=O)O. The smallest absolute Gasteiger partial charge is 0.326 e. The van der Waals surface area contributed by atoms with Gasteiger partial charge in [-0.2, -0.15) is 0 Å². The summed E-state index contributed by atoms with van der Waals surface area (Å²) in [7, 11) is 0. The Hall–Kier alpha value is -4.50. The Morgan fingerprint density at radius 2 is 1.52 bits per heavy atom. The van der Waals surface area contributed by atoms with Crippen LogP contribution in [0.4, 0.5) is 0 Å². The van der Waals surface area contributed by atoms with E-state index in [-0.39, 0.29) is 25.0 Å². The molecule has 2 rings (SSSR count). The molecule has 1 aromatic carbocycles. The maximum atomic E-state index is 13.4. The first-order valence-electron chi connectivity index (χ1n) is 12.6. The van der Waals surface area contributed by atoms with Crippen molar-refractivity contribution in [2.75, 3.05) is 6.54 Å². The highest BCUT2D eigenvalue weighted by atomic mass is 16.4.